The zero-order valence-electron chi connectivity index (χ0n) is 17.1. The van der Waals surface area contributed by atoms with Crippen molar-refractivity contribution in [2.45, 2.75) is 19.9 Å². The Bertz CT molecular complexity index is 1100. The number of aryl methyl sites for hydroxylation is 1. The number of nitrogens with zero attached hydrogens (tertiary/aromatic N) is 2. The molecule has 2 heterocycles. The highest BCUT2D eigenvalue weighted by Crippen LogP contribution is 2.35. The normalized spacial score (nSPS) is 13.6. The van der Waals surface area contributed by atoms with Crippen LogP contribution >= 0.6 is 23.1 Å². The Balaban J connectivity index is 1.65. The largest absolute Gasteiger partial charge is 0.494 e. The lowest BCUT2D eigenvalue weighted by molar-refractivity contribution is -0.117. The summed E-state index contributed by atoms with van der Waals surface area (Å²) in [6.07, 6.45) is 2.33. The van der Waals surface area contributed by atoms with Crippen molar-refractivity contribution >= 4 is 39.2 Å². The van der Waals surface area contributed by atoms with E-state index in [-0.39, 0.29) is 12.3 Å². The fourth-order valence-electron chi connectivity index (χ4n) is 3.28. The average molecular weight is 445 g/mol. The van der Waals surface area contributed by atoms with Gasteiger partial charge in [-0.3, -0.25) is 4.79 Å². The minimum Gasteiger partial charge on any atom is -0.494 e. The monoisotopic (exact) mass is 444 g/mol. The van der Waals surface area contributed by atoms with E-state index >= 15 is 0 Å². The Morgan fingerprint density at radius 2 is 1.93 bits per heavy atom. The number of amides is 1. The van der Waals surface area contributed by atoms with E-state index in [1.54, 1.807) is 11.8 Å². The standard InChI is InChI=1S/C22H24N2O4S2/c1-3-26-16-6-4-15(5-7-16)12-21(25)23-22-24(8-11-29-2)17-13-18-19(14-20(17)30-22)28-10-9-27-18/h4-7,13-14H,3,8-12H2,1-2H3. The van der Waals surface area contributed by atoms with Gasteiger partial charge in [-0.1, -0.05) is 23.5 Å². The highest BCUT2D eigenvalue weighted by Gasteiger charge is 2.17. The van der Waals surface area contributed by atoms with Gasteiger partial charge in [0.2, 0.25) is 0 Å². The van der Waals surface area contributed by atoms with Gasteiger partial charge in [0, 0.05) is 24.4 Å². The molecule has 1 aromatic heterocycles. The maximum atomic E-state index is 12.7. The first-order valence-corrected chi connectivity index (χ1v) is 12.1. The molecular formula is C22H24N2O4S2. The smallest absolute Gasteiger partial charge is 0.252 e. The Labute approximate surface area is 183 Å². The van der Waals surface area contributed by atoms with Gasteiger partial charge in [-0.05, 0) is 30.9 Å². The minimum atomic E-state index is -0.166. The van der Waals surface area contributed by atoms with Crippen LogP contribution in [-0.4, -0.2) is 42.3 Å². The molecule has 4 rings (SSSR count). The molecule has 0 radical (unpaired) electrons. The molecule has 0 atom stereocenters. The summed E-state index contributed by atoms with van der Waals surface area (Å²) >= 11 is 3.27. The maximum Gasteiger partial charge on any atom is 0.252 e. The highest BCUT2D eigenvalue weighted by atomic mass is 32.2. The molecule has 30 heavy (non-hydrogen) atoms. The fraction of sp³-hybridized carbons (Fsp3) is 0.364. The lowest BCUT2D eigenvalue weighted by Gasteiger charge is -2.18. The van der Waals surface area contributed by atoms with Crippen LogP contribution in [0.25, 0.3) is 10.2 Å². The molecule has 158 valence electrons. The number of carbonyl (C=O) groups excluding carboxylic acids is 1. The predicted octanol–water partition coefficient (Wildman–Crippen LogP) is 3.91. The van der Waals surface area contributed by atoms with Gasteiger partial charge >= 0.3 is 0 Å². The first-order valence-electron chi connectivity index (χ1n) is 9.89. The number of ether oxygens (including phenoxy) is 3. The van der Waals surface area contributed by atoms with E-state index in [9.17, 15) is 4.79 Å². The van der Waals surface area contributed by atoms with Crippen molar-refractivity contribution in [1.29, 1.82) is 0 Å². The molecule has 8 heteroatoms. The molecule has 6 nitrogen and oxygen atoms in total. The first kappa shape index (κ1) is 20.8. The number of thiazole rings is 1. The molecule has 0 bridgehead atoms. The van der Waals surface area contributed by atoms with Crippen LogP contribution in [-0.2, 0) is 17.8 Å². The number of thioether (sulfide) groups is 1. The average Bonchev–Trinajstić information content (AvgIpc) is 3.07. The van der Waals surface area contributed by atoms with Crippen molar-refractivity contribution < 1.29 is 19.0 Å². The van der Waals surface area contributed by atoms with E-state index in [1.165, 1.54) is 11.3 Å². The van der Waals surface area contributed by atoms with E-state index < -0.39 is 0 Å². The van der Waals surface area contributed by atoms with E-state index in [0.717, 1.165) is 45.3 Å². The molecule has 0 fully saturated rings. The summed E-state index contributed by atoms with van der Waals surface area (Å²) in [5.41, 5.74) is 1.94. The van der Waals surface area contributed by atoms with Crippen molar-refractivity contribution in [2.24, 2.45) is 4.99 Å². The van der Waals surface area contributed by atoms with Gasteiger partial charge in [0.15, 0.2) is 16.3 Å². The van der Waals surface area contributed by atoms with Gasteiger partial charge in [0.25, 0.3) is 5.91 Å². The first-order chi connectivity index (χ1) is 14.7. The molecule has 3 aromatic rings. The molecular weight excluding hydrogens is 420 g/mol. The topological polar surface area (TPSA) is 62.0 Å². The third-order valence-electron chi connectivity index (χ3n) is 4.68. The van der Waals surface area contributed by atoms with Crippen molar-refractivity contribution in [3.05, 3.63) is 46.8 Å². The predicted molar refractivity (Wildman–Crippen MR) is 121 cm³/mol. The Kier molecular flexibility index (Phi) is 6.64. The second kappa shape index (κ2) is 9.57. The third kappa shape index (κ3) is 4.65. The molecule has 1 aliphatic rings. The van der Waals surface area contributed by atoms with Crippen molar-refractivity contribution in [1.82, 2.24) is 4.57 Å². The molecule has 0 N–H and O–H groups in total. The van der Waals surface area contributed by atoms with Gasteiger partial charge in [-0.25, -0.2) is 0 Å². The van der Waals surface area contributed by atoms with Gasteiger partial charge in [-0.2, -0.15) is 16.8 Å². The van der Waals surface area contributed by atoms with Crippen LogP contribution in [0.4, 0.5) is 0 Å². The van der Waals surface area contributed by atoms with Crippen LogP contribution in [0.2, 0.25) is 0 Å². The third-order valence-corrected chi connectivity index (χ3v) is 6.31. The molecule has 0 aliphatic carbocycles. The van der Waals surface area contributed by atoms with E-state index in [1.807, 2.05) is 43.3 Å². The Morgan fingerprint density at radius 1 is 1.20 bits per heavy atom. The molecule has 0 saturated heterocycles. The summed E-state index contributed by atoms with van der Waals surface area (Å²) in [6, 6.07) is 11.6. The van der Waals surface area contributed by atoms with E-state index in [4.69, 9.17) is 14.2 Å². The lowest BCUT2D eigenvalue weighted by atomic mass is 10.1. The van der Waals surface area contributed by atoms with Crippen molar-refractivity contribution in [2.75, 3.05) is 31.8 Å². The van der Waals surface area contributed by atoms with Crippen molar-refractivity contribution in [3.8, 4) is 17.2 Å². The number of rotatable bonds is 7. The highest BCUT2D eigenvalue weighted by molar-refractivity contribution is 7.98. The number of hydrogen-bond acceptors (Lipinski definition) is 6. The molecule has 0 saturated carbocycles. The van der Waals surface area contributed by atoms with Crippen LogP contribution in [0.15, 0.2) is 41.4 Å². The molecule has 0 unspecified atom stereocenters. The van der Waals surface area contributed by atoms with Crippen molar-refractivity contribution in [3.63, 3.8) is 0 Å². The molecule has 1 aliphatic heterocycles. The van der Waals surface area contributed by atoms with Gasteiger partial charge < -0.3 is 18.8 Å². The molecule has 1 amide bonds. The number of aromatic nitrogens is 1. The zero-order chi connectivity index (χ0) is 20.9. The van der Waals surface area contributed by atoms with Gasteiger partial charge in [0.05, 0.1) is 23.2 Å². The SMILES string of the molecule is CCOc1ccc(CC(=O)N=c2sc3cc4c(cc3n2CCSC)OCCO4)cc1. The lowest BCUT2D eigenvalue weighted by Crippen LogP contribution is -2.19. The van der Waals surface area contributed by atoms with Crippen LogP contribution in [0, 0.1) is 0 Å². The van der Waals surface area contributed by atoms with E-state index in [0.29, 0.717) is 24.6 Å². The number of fused-ring (bicyclic) bond motifs is 2. The summed E-state index contributed by atoms with van der Waals surface area (Å²) in [5, 5.41) is 0. The number of hydrogen-bond donors (Lipinski definition) is 0. The Hall–Kier alpha value is -2.45. The van der Waals surface area contributed by atoms with E-state index in [2.05, 4.69) is 15.8 Å². The molecule has 0 spiro atoms. The number of benzene rings is 2. The summed E-state index contributed by atoms with van der Waals surface area (Å²) in [5.74, 6) is 3.07. The minimum absolute atomic E-state index is 0.166. The Morgan fingerprint density at radius 3 is 2.63 bits per heavy atom. The van der Waals surface area contributed by atoms with Crippen LogP contribution in [0.1, 0.15) is 12.5 Å². The second-order valence-electron chi connectivity index (χ2n) is 6.75. The fourth-order valence-corrected chi connectivity index (χ4v) is 4.73. The van der Waals surface area contributed by atoms with Gasteiger partial charge in [0.1, 0.15) is 19.0 Å². The van der Waals surface area contributed by atoms with Gasteiger partial charge in [-0.15, -0.1) is 0 Å². The van der Waals surface area contributed by atoms with Crippen LogP contribution in [0.3, 0.4) is 0 Å². The summed E-state index contributed by atoms with van der Waals surface area (Å²) < 4.78 is 20.0. The quantitative estimate of drug-likeness (QED) is 0.553. The summed E-state index contributed by atoms with van der Waals surface area (Å²) in [4.78, 5) is 17.8. The summed E-state index contributed by atoms with van der Waals surface area (Å²) in [6.45, 7) is 4.44. The molecule has 2 aromatic carbocycles. The van der Waals surface area contributed by atoms with Crippen LogP contribution < -0.4 is 19.0 Å². The summed E-state index contributed by atoms with van der Waals surface area (Å²) in [7, 11) is 0. The zero-order valence-corrected chi connectivity index (χ0v) is 18.7. The maximum absolute atomic E-state index is 12.7. The number of carbonyl (C=O) groups is 1. The second-order valence-corrected chi connectivity index (χ2v) is 8.75. The van der Waals surface area contributed by atoms with Crippen LogP contribution in [0.5, 0.6) is 17.2 Å².